The van der Waals surface area contributed by atoms with Crippen LogP contribution in [-0.2, 0) is 9.59 Å². The monoisotopic (exact) mass is 324 g/mol. The lowest BCUT2D eigenvalue weighted by Crippen LogP contribution is -2.28. The fourth-order valence-electron chi connectivity index (χ4n) is 2.68. The molecule has 0 aliphatic carbocycles. The van der Waals surface area contributed by atoms with E-state index in [1.807, 2.05) is 30.3 Å². The van der Waals surface area contributed by atoms with Gasteiger partial charge in [-0.15, -0.1) is 0 Å². The molecule has 122 valence electrons. The molecule has 1 heterocycles. The number of carboxylic acid groups (broad SMARTS) is 1. The van der Waals surface area contributed by atoms with Crippen molar-refractivity contribution in [3.05, 3.63) is 60.2 Å². The average Bonchev–Trinajstić information content (AvgIpc) is 2.98. The molecule has 2 amide bonds. The van der Waals surface area contributed by atoms with Gasteiger partial charge >= 0.3 is 5.97 Å². The molecule has 0 radical (unpaired) electrons. The van der Waals surface area contributed by atoms with Crippen molar-refractivity contribution < 1.29 is 19.5 Å². The quantitative estimate of drug-likeness (QED) is 0.904. The summed E-state index contributed by atoms with van der Waals surface area (Å²) in [5.41, 5.74) is 1.44. The molecule has 1 fully saturated rings. The SMILES string of the molecule is O=C(O)c1ccc(NC(=O)[C@@H]2CC(=O)N(c3ccccc3)C2)cc1. The molecule has 2 aromatic carbocycles. The van der Waals surface area contributed by atoms with Gasteiger partial charge in [0.2, 0.25) is 11.8 Å². The van der Waals surface area contributed by atoms with Crippen molar-refractivity contribution in [2.45, 2.75) is 6.42 Å². The third-order valence-corrected chi connectivity index (χ3v) is 3.96. The highest BCUT2D eigenvalue weighted by Crippen LogP contribution is 2.25. The summed E-state index contributed by atoms with van der Waals surface area (Å²) in [4.78, 5) is 36.9. The Morgan fingerprint density at radius 3 is 2.33 bits per heavy atom. The molecular formula is C18H16N2O4. The zero-order valence-corrected chi connectivity index (χ0v) is 12.8. The van der Waals surface area contributed by atoms with Crippen LogP contribution in [0.25, 0.3) is 0 Å². The van der Waals surface area contributed by atoms with Crippen LogP contribution in [-0.4, -0.2) is 29.4 Å². The lowest BCUT2D eigenvalue weighted by molar-refractivity contribution is -0.122. The van der Waals surface area contributed by atoms with Gasteiger partial charge in [-0.25, -0.2) is 4.79 Å². The number of rotatable bonds is 4. The van der Waals surface area contributed by atoms with Gasteiger partial charge in [-0.1, -0.05) is 18.2 Å². The predicted molar refractivity (Wildman–Crippen MR) is 88.9 cm³/mol. The van der Waals surface area contributed by atoms with E-state index in [-0.39, 0.29) is 23.8 Å². The number of anilines is 2. The normalized spacial score (nSPS) is 16.9. The zero-order chi connectivity index (χ0) is 17.1. The Labute approximate surface area is 138 Å². The van der Waals surface area contributed by atoms with Crippen LogP contribution < -0.4 is 10.2 Å². The fourth-order valence-corrected chi connectivity index (χ4v) is 2.68. The summed E-state index contributed by atoms with van der Waals surface area (Å²) in [5, 5.41) is 11.6. The molecule has 2 N–H and O–H groups in total. The number of nitrogens with zero attached hydrogens (tertiary/aromatic N) is 1. The van der Waals surface area contributed by atoms with E-state index in [1.165, 1.54) is 24.3 Å². The third kappa shape index (κ3) is 3.27. The first-order chi connectivity index (χ1) is 11.5. The van der Waals surface area contributed by atoms with Crippen molar-refractivity contribution >= 4 is 29.2 Å². The van der Waals surface area contributed by atoms with Crippen LogP contribution in [0.2, 0.25) is 0 Å². The van der Waals surface area contributed by atoms with Gasteiger partial charge in [-0.2, -0.15) is 0 Å². The van der Waals surface area contributed by atoms with Crippen LogP contribution in [0.3, 0.4) is 0 Å². The van der Waals surface area contributed by atoms with Gasteiger partial charge in [0.1, 0.15) is 0 Å². The number of carboxylic acids is 1. The summed E-state index contributed by atoms with van der Waals surface area (Å²) in [5.74, 6) is -1.78. The summed E-state index contributed by atoms with van der Waals surface area (Å²) in [7, 11) is 0. The van der Waals surface area contributed by atoms with Crippen molar-refractivity contribution in [2.24, 2.45) is 5.92 Å². The zero-order valence-electron chi connectivity index (χ0n) is 12.8. The first-order valence-electron chi connectivity index (χ1n) is 7.54. The highest BCUT2D eigenvalue weighted by Gasteiger charge is 2.35. The Balaban J connectivity index is 1.66. The van der Waals surface area contributed by atoms with Crippen LogP contribution in [0.5, 0.6) is 0 Å². The van der Waals surface area contributed by atoms with E-state index in [2.05, 4.69) is 5.32 Å². The molecule has 6 nitrogen and oxygen atoms in total. The number of carbonyl (C=O) groups excluding carboxylic acids is 2. The highest BCUT2D eigenvalue weighted by molar-refractivity contribution is 6.03. The third-order valence-electron chi connectivity index (χ3n) is 3.96. The molecule has 3 rings (SSSR count). The van der Waals surface area contributed by atoms with Gasteiger partial charge in [0.05, 0.1) is 11.5 Å². The summed E-state index contributed by atoms with van der Waals surface area (Å²) >= 11 is 0. The topological polar surface area (TPSA) is 86.7 Å². The molecule has 0 aromatic heterocycles. The number of para-hydroxylation sites is 1. The van der Waals surface area contributed by atoms with Crippen molar-refractivity contribution in [1.29, 1.82) is 0 Å². The standard InChI is InChI=1S/C18H16N2O4/c21-16-10-13(11-20(16)15-4-2-1-3-5-15)17(22)19-14-8-6-12(7-9-14)18(23)24/h1-9,13H,10-11H2,(H,19,22)(H,23,24)/t13-/m1/s1. The Hall–Kier alpha value is -3.15. The number of nitrogens with one attached hydrogen (secondary N) is 1. The second-order valence-corrected chi connectivity index (χ2v) is 5.61. The maximum absolute atomic E-state index is 12.3. The second kappa shape index (κ2) is 6.54. The van der Waals surface area contributed by atoms with Crippen LogP contribution in [0.1, 0.15) is 16.8 Å². The molecule has 0 spiro atoms. The van der Waals surface area contributed by atoms with Crippen LogP contribution in [0.15, 0.2) is 54.6 Å². The summed E-state index contributed by atoms with van der Waals surface area (Å²) < 4.78 is 0. The Kier molecular flexibility index (Phi) is 4.29. The number of aromatic carboxylic acids is 1. The minimum Gasteiger partial charge on any atom is -0.478 e. The molecule has 0 bridgehead atoms. The largest absolute Gasteiger partial charge is 0.478 e. The fraction of sp³-hybridized carbons (Fsp3) is 0.167. The first-order valence-corrected chi connectivity index (χ1v) is 7.54. The molecule has 2 aromatic rings. The molecule has 24 heavy (non-hydrogen) atoms. The van der Waals surface area contributed by atoms with Crippen LogP contribution >= 0.6 is 0 Å². The van der Waals surface area contributed by atoms with E-state index in [0.717, 1.165) is 5.69 Å². The smallest absolute Gasteiger partial charge is 0.335 e. The molecule has 6 heteroatoms. The van der Waals surface area contributed by atoms with Gasteiger partial charge in [-0.3, -0.25) is 9.59 Å². The van der Waals surface area contributed by atoms with E-state index < -0.39 is 11.9 Å². The lowest BCUT2D eigenvalue weighted by atomic mass is 10.1. The summed E-state index contributed by atoms with van der Waals surface area (Å²) in [6, 6.07) is 15.2. The van der Waals surface area contributed by atoms with Gasteiger partial charge in [0, 0.05) is 24.3 Å². The molecular weight excluding hydrogens is 308 g/mol. The lowest BCUT2D eigenvalue weighted by Gasteiger charge is -2.16. The van der Waals surface area contributed by atoms with E-state index in [4.69, 9.17) is 5.11 Å². The molecule has 0 saturated carbocycles. The van der Waals surface area contributed by atoms with Crippen LogP contribution in [0.4, 0.5) is 11.4 Å². The second-order valence-electron chi connectivity index (χ2n) is 5.61. The molecule has 1 aliphatic rings. The Bertz CT molecular complexity index is 771. The molecule has 1 aliphatic heterocycles. The van der Waals surface area contributed by atoms with E-state index in [9.17, 15) is 14.4 Å². The molecule has 1 saturated heterocycles. The van der Waals surface area contributed by atoms with Crippen molar-refractivity contribution in [2.75, 3.05) is 16.8 Å². The Morgan fingerprint density at radius 2 is 1.71 bits per heavy atom. The number of benzene rings is 2. The number of carbonyl (C=O) groups is 3. The van der Waals surface area contributed by atoms with Crippen molar-refractivity contribution in [3.8, 4) is 0 Å². The van der Waals surface area contributed by atoms with Crippen molar-refractivity contribution in [3.63, 3.8) is 0 Å². The molecule has 0 unspecified atom stereocenters. The van der Waals surface area contributed by atoms with Crippen molar-refractivity contribution in [1.82, 2.24) is 0 Å². The number of amides is 2. The van der Waals surface area contributed by atoms with Gasteiger partial charge in [0.25, 0.3) is 0 Å². The predicted octanol–water partition coefficient (Wildman–Crippen LogP) is 2.38. The number of hydrogen-bond donors (Lipinski definition) is 2. The van der Waals surface area contributed by atoms with E-state index >= 15 is 0 Å². The average molecular weight is 324 g/mol. The van der Waals surface area contributed by atoms with E-state index in [1.54, 1.807) is 4.90 Å². The number of hydrogen-bond acceptors (Lipinski definition) is 3. The Morgan fingerprint density at radius 1 is 1.04 bits per heavy atom. The van der Waals surface area contributed by atoms with Gasteiger partial charge in [0.15, 0.2) is 0 Å². The van der Waals surface area contributed by atoms with Gasteiger partial charge in [-0.05, 0) is 36.4 Å². The van der Waals surface area contributed by atoms with Crippen LogP contribution in [0, 0.1) is 5.92 Å². The maximum atomic E-state index is 12.3. The first kappa shape index (κ1) is 15.7. The summed E-state index contributed by atoms with van der Waals surface area (Å²) in [6.07, 6.45) is 0.161. The highest BCUT2D eigenvalue weighted by atomic mass is 16.4. The summed E-state index contributed by atoms with van der Waals surface area (Å²) in [6.45, 7) is 0.335. The minimum absolute atomic E-state index is 0.0809. The minimum atomic E-state index is -1.02. The van der Waals surface area contributed by atoms with E-state index in [0.29, 0.717) is 12.2 Å². The molecule has 1 atom stereocenters. The maximum Gasteiger partial charge on any atom is 0.335 e. The van der Waals surface area contributed by atoms with Gasteiger partial charge < -0.3 is 15.3 Å².